The predicted molar refractivity (Wildman–Crippen MR) is 90.4 cm³/mol. The summed E-state index contributed by atoms with van der Waals surface area (Å²) in [5, 5.41) is 14.5. The summed E-state index contributed by atoms with van der Waals surface area (Å²) in [6.45, 7) is 0. The second-order valence-corrected chi connectivity index (χ2v) is 6.02. The van der Waals surface area contributed by atoms with Crippen LogP contribution in [0.15, 0.2) is 42.9 Å². The minimum Gasteiger partial charge on any atom is -0.497 e. The Labute approximate surface area is 141 Å². The van der Waals surface area contributed by atoms with Crippen LogP contribution >= 0.6 is 11.3 Å². The molecule has 0 saturated heterocycles. The van der Waals surface area contributed by atoms with Gasteiger partial charge < -0.3 is 14.6 Å². The van der Waals surface area contributed by atoms with Crippen LogP contribution in [0, 0.1) is 10.1 Å². The van der Waals surface area contributed by atoms with Crippen molar-refractivity contribution in [3.05, 3.63) is 64.4 Å². The summed E-state index contributed by atoms with van der Waals surface area (Å²) in [5.74, 6) is 1.53. The van der Waals surface area contributed by atoms with Gasteiger partial charge in [-0.3, -0.25) is 10.1 Å². The van der Waals surface area contributed by atoms with Crippen molar-refractivity contribution in [3.8, 4) is 5.75 Å². The van der Waals surface area contributed by atoms with E-state index in [-0.39, 0.29) is 11.0 Å². The number of nitrogens with zero attached hydrogens (tertiary/aromatic N) is 4. The van der Waals surface area contributed by atoms with Crippen molar-refractivity contribution in [3.63, 3.8) is 0 Å². The van der Waals surface area contributed by atoms with Crippen molar-refractivity contribution in [2.45, 2.75) is 6.04 Å². The first-order chi connectivity index (χ1) is 11.6. The van der Waals surface area contributed by atoms with Gasteiger partial charge in [0.05, 0.1) is 12.0 Å². The molecule has 8 nitrogen and oxygen atoms in total. The van der Waals surface area contributed by atoms with Gasteiger partial charge in [-0.15, -0.1) is 0 Å². The standard InChI is InChI=1S/C15H15N5O3S/c1-19-8-7-16-14(19)13(10-3-5-11(23-2)6-4-10)18-15-17-9-12(24-15)20(21)22/h3-9,13H,1-2H3,(H,17,18). The number of anilines is 1. The third-order valence-electron chi connectivity index (χ3n) is 3.51. The van der Waals surface area contributed by atoms with Crippen LogP contribution in [0.3, 0.4) is 0 Å². The fourth-order valence-electron chi connectivity index (χ4n) is 2.29. The molecule has 1 aromatic carbocycles. The fourth-order valence-corrected chi connectivity index (χ4v) is 2.95. The van der Waals surface area contributed by atoms with Crippen LogP contribution in [0.2, 0.25) is 0 Å². The molecule has 9 heteroatoms. The number of hydrogen-bond acceptors (Lipinski definition) is 7. The molecule has 2 heterocycles. The van der Waals surface area contributed by atoms with Crippen molar-refractivity contribution < 1.29 is 9.66 Å². The molecule has 3 aromatic rings. The van der Waals surface area contributed by atoms with Gasteiger partial charge in [-0.05, 0) is 29.0 Å². The van der Waals surface area contributed by atoms with Crippen LogP contribution in [-0.2, 0) is 7.05 Å². The number of benzene rings is 1. The van der Waals surface area contributed by atoms with Crippen LogP contribution in [0.1, 0.15) is 17.4 Å². The summed E-state index contributed by atoms with van der Waals surface area (Å²) in [4.78, 5) is 18.9. The molecule has 124 valence electrons. The van der Waals surface area contributed by atoms with Gasteiger partial charge in [0.2, 0.25) is 0 Å². The molecule has 0 fully saturated rings. The van der Waals surface area contributed by atoms with E-state index in [2.05, 4.69) is 15.3 Å². The number of aromatic nitrogens is 3. The van der Waals surface area contributed by atoms with E-state index in [4.69, 9.17) is 4.74 Å². The van der Waals surface area contributed by atoms with Gasteiger partial charge in [-0.1, -0.05) is 12.1 Å². The number of methoxy groups -OCH3 is 1. The average Bonchev–Trinajstić information content (AvgIpc) is 3.22. The maximum Gasteiger partial charge on any atom is 0.345 e. The number of thiazole rings is 1. The third-order valence-corrected chi connectivity index (χ3v) is 4.39. The zero-order chi connectivity index (χ0) is 17.1. The molecule has 1 atom stereocenters. The van der Waals surface area contributed by atoms with Crippen molar-refractivity contribution in [2.75, 3.05) is 12.4 Å². The van der Waals surface area contributed by atoms with Crippen molar-refractivity contribution in [1.29, 1.82) is 0 Å². The van der Waals surface area contributed by atoms with Crippen molar-refractivity contribution in [2.24, 2.45) is 7.05 Å². The van der Waals surface area contributed by atoms with Gasteiger partial charge in [0.1, 0.15) is 23.8 Å². The Hall–Kier alpha value is -2.94. The molecular weight excluding hydrogens is 330 g/mol. The summed E-state index contributed by atoms with van der Waals surface area (Å²) in [6, 6.07) is 7.27. The molecule has 0 radical (unpaired) electrons. The van der Waals surface area contributed by atoms with E-state index in [1.54, 1.807) is 13.3 Å². The molecule has 3 rings (SSSR count). The van der Waals surface area contributed by atoms with E-state index in [0.29, 0.717) is 5.13 Å². The normalized spacial score (nSPS) is 11.9. The monoisotopic (exact) mass is 345 g/mol. The van der Waals surface area contributed by atoms with E-state index in [1.807, 2.05) is 42.1 Å². The fraction of sp³-hybridized carbons (Fsp3) is 0.200. The molecule has 0 amide bonds. The number of ether oxygens (including phenoxy) is 1. The second-order valence-electron chi connectivity index (χ2n) is 5.01. The summed E-state index contributed by atoms with van der Waals surface area (Å²) < 4.78 is 7.08. The maximum absolute atomic E-state index is 10.8. The Bertz CT molecular complexity index is 843. The minimum atomic E-state index is -0.452. The molecular formula is C15H15N5O3S. The number of hydrogen-bond donors (Lipinski definition) is 1. The first-order valence-corrected chi connectivity index (χ1v) is 7.88. The lowest BCUT2D eigenvalue weighted by atomic mass is 10.1. The molecule has 0 aliphatic carbocycles. The lowest BCUT2D eigenvalue weighted by Gasteiger charge is -2.18. The smallest absolute Gasteiger partial charge is 0.345 e. The summed E-state index contributed by atoms with van der Waals surface area (Å²) >= 11 is 0.992. The lowest BCUT2D eigenvalue weighted by molar-refractivity contribution is -0.380. The van der Waals surface area contributed by atoms with E-state index in [1.165, 1.54) is 6.20 Å². The summed E-state index contributed by atoms with van der Waals surface area (Å²) in [5.41, 5.74) is 0.947. The highest BCUT2D eigenvalue weighted by atomic mass is 32.1. The highest BCUT2D eigenvalue weighted by molar-refractivity contribution is 7.18. The number of aryl methyl sites for hydroxylation is 1. The predicted octanol–water partition coefficient (Wildman–Crippen LogP) is 2.99. The Morgan fingerprint density at radius 1 is 1.33 bits per heavy atom. The number of nitrogens with one attached hydrogen (secondary N) is 1. The van der Waals surface area contributed by atoms with Crippen molar-refractivity contribution in [1.82, 2.24) is 14.5 Å². The van der Waals surface area contributed by atoms with Gasteiger partial charge in [0.25, 0.3) is 0 Å². The van der Waals surface area contributed by atoms with Crippen LogP contribution < -0.4 is 10.1 Å². The molecule has 0 saturated carbocycles. The number of rotatable bonds is 6. The lowest BCUT2D eigenvalue weighted by Crippen LogP contribution is -2.16. The van der Waals surface area contributed by atoms with Gasteiger partial charge in [0, 0.05) is 19.4 Å². The van der Waals surface area contributed by atoms with E-state index < -0.39 is 4.92 Å². The zero-order valence-corrected chi connectivity index (χ0v) is 13.9. The zero-order valence-electron chi connectivity index (χ0n) is 13.0. The first-order valence-electron chi connectivity index (χ1n) is 7.06. The van der Waals surface area contributed by atoms with Gasteiger partial charge in [0.15, 0.2) is 5.13 Å². The van der Waals surface area contributed by atoms with Crippen LogP contribution in [0.4, 0.5) is 10.1 Å². The number of nitro groups is 1. The van der Waals surface area contributed by atoms with Crippen molar-refractivity contribution >= 4 is 21.5 Å². The van der Waals surface area contributed by atoms with E-state index in [9.17, 15) is 10.1 Å². The maximum atomic E-state index is 10.8. The van der Waals surface area contributed by atoms with Gasteiger partial charge in [-0.2, -0.15) is 0 Å². The largest absolute Gasteiger partial charge is 0.497 e. The Morgan fingerprint density at radius 3 is 2.62 bits per heavy atom. The van der Waals surface area contributed by atoms with Gasteiger partial charge in [-0.25, -0.2) is 9.97 Å². The highest BCUT2D eigenvalue weighted by Gasteiger charge is 2.21. The molecule has 2 aromatic heterocycles. The summed E-state index contributed by atoms with van der Waals surface area (Å²) in [6.07, 6.45) is 4.80. The molecule has 0 bridgehead atoms. The Balaban J connectivity index is 1.95. The minimum absolute atomic E-state index is 0.00850. The topological polar surface area (TPSA) is 95.1 Å². The van der Waals surface area contributed by atoms with Crippen LogP contribution in [-0.4, -0.2) is 26.6 Å². The summed E-state index contributed by atoms with van der Waals surface area (Å²) in [7, 11) is 3.50. The van der Waals surface area contributed by atoms with E-state index in [0.717, 1.165) is 28.5 Å². The Morgan fingerprint density at radius 2 is 2.08 bits per heavy atom. The van der Waals surface area contributed by atoms with Crippen LogP contribution in [0.25, 0.3) is 0 Å². The number of imidazole rings is 1. The Kier molecular flexibility index (Phi) is 4.43. The van der Waals surface area contributed by atoms with E-state index >= 15 is 0 Å². The second kappa shape index (κ2) is 6.67. The van der Waals surface area contributed by atoms with Gasteiger partial charge >= 0.3 is 5.00 Å². The molecule has 0 aliphatic heterocycles. The first kappa shape index (κ1) is 15.9. The molecule has 0 spiro atoms. The molecule has 24 heavy (non-hydrogen) atoms. The quantitative estimate of drug-likeness (QED) is 0.545. The third kappa shape index (κ3) is 3.20. The van der Waals surface area contributed by atoms with Crippen LogP contribution in [0.5, 0.6) is 5.75 Å². The average molecular weight is 345 g/mol. The molecule has 1 unspecified atom stereocenters. The SMILES string of the molecule is COc1ccc(C(Nc2ncc([N+](=O)[O-])s2)c2nccn2C)cc1. The molecule has 1 N–H and O–H groups in total. The molecule has 0 aliphatic rings. The highest BCUT2D eigenvalue weighted by Crippen LogP contribution is 2.31.